The zero-order chi connectivity index (χ0) is 37.1. The van der Waals surface area contributed by atoms with E-state index in [0.717, 1.165) is 50.8 Å². The first-order chi connectivity index (χ1) is 27.8. The lowest BCUT2D eigenvalue weighted by Crippen LogP contribution is -2.56. The highest BCUT2D eigenvalue weighted by Gasteiger charge is 2.49. The highest BCUT2D eigenvalue weighted by molar-refractivity contribution is 6.13. The Kier molecular flexibility index (Phi) is 8.28. The van der Waals surface area contributed by atoms with Gasteiger partial charge in [0.2, 0.25) is 0 Å². The van der Waals surface area contributed by atoms with Crippen LogP contribution < -0.4 is 10.6 Å². The van der Waals surface area contributed by atoms with Gasteiger partial charge in [0.25, 0.3) is 0 Å². The minimum atomic E-state index is -0.505. The molecule has 4 aromatic carbocycles. The normalized spacial score (nSPS) is 26.5. The summed E-state index contributed by atoms with van der Waals surface area (Å²) in [6.45, 7) is 0. The second kappa shape index (κ2) is 13.8. The summed E-state index contributed by atoms with van der Waals surface area (Å²) in [4.78, 5) is 5.70. The molecule has 2 heterocycles. The van der Waals surface area contributed by atoms with Crippen molar-refractivity contribution < 1.29 is 0 Å². The third kappa shape index (κ3) is 5.26. The molecule has 0 saturated heterocycles. The highest BCUT2D eigenvalue weighted by atomic mass is 15.4. The number of rotatable bonds is 6. The summed E-state index contributed by atoms with van der Waals surface area (Å²) in [5, 5.41) is 10.6. The molecule has 0 bridgehead atoms. The lowest BCUT2D eigenvalue weighted by molar-refractivity contribution is 0.272. The van der Waals surface area contributed by atoms with E-state index in [-0.39, 0.29) is 12.5 Å². The molecule has 4 heteroatoms. The molecule has 0 saturated carbocycles. The van der Waals surface area contributed by atoms with Crippen LogP contribution in [0.2, 0.25) is 0 Å². The maximum atomic E-state index is 5.70. The van der Waals surface area contributed by atoms with E-state index in [1.54, 1.807) is 0 Å². The van der Waals surface area contributed by atoms with Crippen molar-refractivity contribution in [3.63, 3.8) is 0 Å². The van der Waals surface area contributed by atoms with Gasteiger partial charge in [0.05, 0.1) is 22.6 Å². The Balaban J connectivity index is 1.25. The summed E-state index contributed by atoms with van der Waals surface area (Å²) in [7, 11) is 0. The Morgan fingerprint density at radius 3 is 2.38 bits per heavy atom. The van der Waals surface area contributed by atoms with Crippen LogP contribution in [0, 0.1) is 5.92 Å². The number of allylic oxidation sites excluding steroid dienone is 11. The van der Waals surface area contributed by atoms with Crippen LogP contribution in [-0.2, 0) is 5.41 Å². The molecule has 5 aliphatic carbocycles. The van der Waals surface area contributed by atoms with Crippen LogP contribution in [-0.4, -0.2) is 16.6 Å². The topological polar surface area (TPSA) is 41.4 Å². The number of benzene rings is 4. The predicted octanol–water partition coefficient (Wildman–Crippen LogP) is 12.0. The smallest absolute Gasteiger partial charge is 0.184 e. The van der Waals surface area contributed by atoms with Gasteiger partial charge in [-0.25, -0.2) is 4.99 Å². The van der Waals surface area contributed by atoms with E-state index in [2.05, 4.69) is 173 Å². The van der Waals surface area contributed by atoms with Gasteiger partial charge in [-0.3, -0.25) is 5.32 Å². The number of amidine groups is 1. The van der Waals surface area contributed by atoms with Gasteiger partial charge in [0, 0.05) is 33.7 Å². The Morgan fingerprint density at radius 1 is 0.714 bits per heavy atom. The van der Waals surface area contributed by atoms with Gasteiger partial charge in [0.15, 0.2) is 6.29 Å². The van der Waals surface area contributed by atoms with E-state index in [1.165, 1.54) is 72.8 Å². The fraction of sp³-hybridized carbons (Fsp3) is 0.250. The highest BCUT2D eigenvalue weighted by Crippen LogP contribution is 2.60. The average Bonchev–Trinajstić information content (AvgIpc) is 3.78. The molecule has 1 aromatic heterocycles. The number of nitrogens with one attached hydrogen (secondary N) is 2. The van der Waals surface area contributed by atoms with E-state index < -0.39 is 5.41 Å². The molecule has 56 heavy (non-hydrogen) atoms. The van der Waals surface area contributed by atoms with Crippen molar-refractivity contribution in [2.24, 2.45) is 10.9 Å². The quantitative estimate of drug-likeness (QED) is 0.171. The summed E-state index contributed by atoms with van der Waals surface area (Å²) < 4.78 is 2.61. The van der Waals surface area contributed by atoms with Crippen molar-refractivity contribution in [1.82, 2.24) is 15.2 Å². The van der Waals surface area contributed by atoms with Crippen LogP contribution in [0.15, 0.2) is 174 Å². The van der Waals surface area contributed by atoms with Crippen LogP contribution >= 0.6 is 0 Å². The number of aliphatic imine (C=N–C) groups is 1. The van der Waals surface area contributed by atoms with Crippen molar-refractivity contribution in [1.29, 1.82) is 0 Å². The van der Waals surface area contributed by atoms with Gasteiger partial charge in [-0.15, -0.1) is 0 Å². The van der Waals surface area contributed by atoms with E-state index in [4.69, 9.17) is 4.99 Å². The van der Waals surface area contributed by atoms with E-state index in [0.29, 0.717) is 11.8 Å². The summed E-state index contributed by atoms with van der Waals surface area (Å²) in [5.74, 6) is 1.69. The van der Waals surface area contributed by atoms with Crippen molar-refractivity contribution in [2.75, 3.05) is 0 Å². The van der Waals surface area contributed by atoms with E-state index in [9.17, 15) is 0 Å². The zero-order valence-corrected chi connectivity index (χ0v) is 31.9. The van der Waals surface area contributed by atoms with Gasteiger partial charge < -0.3 is 9.88 Å². The van der Waals surface area contributed by atoms with Gasteiger partial charge >= 0.3 is 0 Å². The van der Waals surface area contributed by atoms with Crippen LogP contribution in [0.3, 0.4) is 0 Å². The van der Waals surface area contributed by atoms with Gasteiger partial charge in [-0.2, -0.15) is 0 Å². The molecule has 0 fully saturated rings. The Morgan fingerprint density at radius 2 is 1.57 bits per heavy atom. The molecule has 4 nitrogen and oxygen atoms in total. The first-order valence-corrected chi connectivity index (χ1v) is 20.9. The monoisotopic (exact) mass is 728 g/mol. The third-order valence-corrected chi connectivity index (χ3v) is 13.1. The molecule has 5 aromatic rings. The van der Waals surface area contributed by atoms with Gasteiger partial charge in [-0.1, -0.05) is 152 Å². The van der Waals surface area contributed by atoms with Crippen molar-refractivity contribution >= 4 is 27.6 Å². The molecule has 0 spiro atoms. The minimum absolute atomic E-state index is 0.0409. The summed E-state index contributed by atoms with van der Waals surface area (Å²) in [6.07, 6.45) is 36.5. The number of fused-ring (bicyclic) bond motifs is 7. The molecular formula is C52H48N4. The maximum Gasteiger partial charge on any atom is 0.184 e. The Hall–Kier alpha value is -5.71. The van der Waals surface area contributed by atoms with E-state index >= 15 is 0 Å². The number of nitrogens with zero attached hydrogens (tertiary/aromatic N) is 2. The van der Waals surface area contributed by atoms with Crippen LogP contribution in [0.25, 0.3) is 32.9 Å². The SMILES string of the molecule is C1=CCC(c2ccc3c4ccc5c(c4n(C4N=C(C6=CCCC=C6)NC(C6C=CCCC6)N4)c3c2)C(C2=CCCC=C2)(c2ccccc2)c2ccccc2-5)C=C1. The number of hydrogen-bond donors (Lipinski definition) is 2. The predicted molar refractivity (Wildman–Crippen MR) is 233 cm³/mol. The van der Waals surface area contributed by atoms with Gasteiger partial charge in [-0.05, 0) is 90.8 Å². The Bertz CT molecular complexity index is 2620. The molecule has 2 N–H and O–H groups in total. The second-order valence-electron chi connectivity index (χ2n) is 16.3. The Labute approximate surface area is 330 Å². The lowest BCUT2D eigenvalue weighted by Gasteiger charge is -2.39. The molecule has 0 amide bonds. The van der Waals surface area contributed by atoms with Crippen molar-refractivity contribution in [3.8, 4) is 11.1 Å². The van der Waals surface area contributed by atoms with Crippen LogP contribution in [0.5, 0.6) is 0 Å². The molecule has 5 unspecified atom stereocenters. The van der Waals surface area contributed by atoms with Crippen molar-refractivity contribution in [2.45, 2.75) is 75.2 Å². The van der Waals surface area contributed by atoms with Crippen LogP contribution in [0.1, 0.15) is 85.8 Å². The first kappa shape index (κ1) is 33.6. The zero-order valence-electron chi connectivity index (χ0n) is 31.9. The third-order valence-electron chi connectivity index (χ3n) is 13.1. The minimum Gasteiger partial charge on any atom is -0.354 e. The molecule has 5 atom stereocenters. The maximum absolute atomic E-state index is 5.70. The number of hydrogen-bond acceptors (Lipinski definition) is 3. The summed E-state index contributed by atoms with van der Waals surface area (Å²) in [6, 6.07) is 32.6. The average molecular weight is 729 g/mol. The molecule has 0 radical (unpaired) electrons. The van der Waals surface area contributed by atoms with Crippen LogP contribution in [0.4, 0.5) is 0 Å². The fourth-order valence-electron chi connectivity index (χ4n) is 10.6. The van der Waals surface area contributed by atoms with Crippen molar-refractivity contribution in [3.05, 3.63) is 191 Å². The number of aromatic nitrogens is 1. The second-order valence-corrected chi connectivity index (χ2v) is 16.3. The lowest BCUT2D eigenvalue weighted by atomic mass is 9.66. The first-order valence-electron chi connectivity index (χ1n) is 20.9. The molecule has 1 aliphatic heterocycles. The largest absolute Gasteiger partial charge is 0.354 e. The van der Waals surface area contributed by atoms with Gasteiger partial charge in [0.1, 0.15) is 5.84 Å². The molecular weight excluding hydrogens is 681 g/mol. The summed E-state index contributed by atoms with van der Waals surface area (Å²) in [5.41, 5.74) is 12.5. The molecule has 276 valence electrons. The molecule has 11 rings (SSSR count). The summed E-state index contributed by atoms with van der Waals surface area (Å²) >= 11 is 0. The fourth-order valence-corrected chi connectivity index (χ4v) is 10.6. The standard InChI is InChI=1S/C52H48N4/c1-6-18-35(19-7-1)38-30-31-42-44-33-32-43-41-28-16-17-29-45(41)52(39-24-12-4-13-25-39,40-26-14-5-15-27-40)47(43)48(44)56(46(42)34-38)51-54-49(36-20-8-2-9-21-36)53-50(55-51)37-22-10-3-11-23-37/h1,4,6-8,10,12-14,16-18,20-22,24-35,37,50-51,55H,2-3,5,9,11,15,19,23H2,(H,53,54). The van der Waals surface area contributed by atoms with E-state index in [1.807, 2.05) is 0 Å². The molecule has 6 aliphatic rings.